The van der Waals surface area contributed by atoms with Crippen molar-refractivity contribution in [3.8, 4) is 0 Å². The summed E-state index contributed by atoms with van der Waals surface area (Å²) in [4.78, 5) is 28.6. The summed E-state index contributed by atoms with van der Waals surface area (Å²) in [5.74, 6) is -1.92. The third kappa shape index (κ3) is 7.89. The molecule has 10 heteroatoms. The lowest BCUT2D eigenvalue weighted by Crippen LogP contribution is -2.49. The molecule has 0 bridgehead atoms. The van der Waals surface area contributed by atoms with Crippen LogP contribution in [0.2, 0.25) is 0 Å². The Balaban J connectivity index is 0.000000270. The number of ketones is 1. The number of aromatic nitrogens is 2. The molecule has 1 aliphatic rings. The van der Waals surface area contributed by atoms with Crippen molar-refractivity contribution >= 4 is 17.8 Å². The number of carboxylic acids is 1. The van der Waals surface area contributed by atoms with E-state index in [2.05, 4.69) is 27.4 Å². The normalized spacial score (nSPS) is 21.0. The molecule has 0 unspecified atom stereocenters. The van der Waals surface area contributed by atoms with Crippen LogP contribution in [0.3, 0.4) is 0 Å². The van der Waals surface area contributed by atoms with Crippen LogP contribution in [0, 0.1) is 5.92 Å². The summed E-state index contributed by atoms with van der Waals surface area (Å²) in [7, 11) is 0. The SMILES string of the molecule is C(=C\[C@H]1CCNC1)/c1cncnc1.CC(=O)[C@@H](O)[C@H](O)[C@H](O)[C@@H](O)C(=O)O. The molecule has 150 valence electrons. The largest absolute Gasteiger partial charge is 0.479 e. The van der Waals surface area contributed by atoms with Gasteiger partial charge in [-0.1, -0.05) is 12.2 Å². The maximum atomic E-state index is 10.5. The number of aliphatic hydroxyl groups excluding tert-OH is 4. The smallest absolute Gasteiger partial charge is 0.335 e. The lowest BCUT2D eigenvalue weighted by Gasteiger charge is -2.22. The van der Waals surface area contributed by atoms with Crippen molar-refractivity contribution in [2.45, 2.75) is 37.8 Å². The fourth-order valence-corrected chi connectivity index (χ4v) is 2.25. The van der Waals surface area contributed by atoms with E-state index in [9.17, 15) is 9.59 Å². The van der Waals surface area contributed by atoms with Gasteiger partial charge in [-0.15, -0.1) is 0 Å². The fourth-order valence-electron chi connectivity index (χ4n) is 2.25. The Morgan fingerprint density at radius 3 is 2.22 bits per heavy atom. The summed E-state index contributed by atoms with van der Waals surface area (Å²) in [6.07, 6.45) is 2.45. The number of rotatable bonds is 7. The number of carbonyl (C=O) groups is 2. The van der Waals surface area contributed by atoms with E-state index in [1.165, 1.54) is 6.42 Å². The molecule has 10 nitrogen and oxygen atoms in total. The van der Waals surface area contributed by atoms with E-state index in [4.69, 9.17) is 25.5 Å². The second-order valence-corrected chi connectivity index (χ2v) is 6.10. The molecular weight excluding hydrogens is 358 g/mol. The fraction of sp³-hybridized carbons (Fsp3) is 0.529. The summed E-state index contributed by atoms with van der Waals surface area (Å²) < 4.78 is 0. The Bertz CT molecular complexity index is 596. The molecule has 0 radical (unpaired) electrons. The molecule has 6 N–H and O–H groups in total. The van der Waals surface area contributed by atoms with Crippen LogP contribution in [-0.2, 0) is 9.59 Å². The second kappa shape index (κ2) is 11.5. The topological polar surface area (TPSA) is 173 Å². The van der Waals surface area contributed by atoms with Gasteiger partial charge < -0.3 is 30.8 Å². The molecule has 1 aliphatic heterocycles. The highest BCUT2D eigenvalue weighted by molar-refractivity contribution is 5.81. The molecule has 5 atom stereocenters. The monoisotopic (exact) mass is 383 g/mol. The van der Waals surface area contributed by atoms with Crippen LogP contribution in [0.4, 0.5) is 0 Å². The van der Waals surface area contributed by atoms with Crippen molar-refractivity contribution in [2.75, 3.05) is 13.1 Å². The first kappa shape index (κ1) is 22.8. The zero-order chi connectivity index (χ0) is 20.4. The molecule has 1 aromatic heterocycles. The van der Waals surface area contributed by atoms with Gasteiger partial charge in [0.15, 0.2) is 11.9 Å². The van der Waals surface area contributed by atoms with Crippen molar-refractivity contribution < 1.29 is 35.1 Å². The van der Waals surface area contributed by atoms with Crippen LogP contribution in [0.1, 0.15) is 18.9 Å². The van der Waals surface area contributed by atoms with Crippen LogP contribution in [0.25, 0.3) is 6.08 Å². The van der Waals surface area contributed by atoms with Gasteiger partial charge in [-0.2, -0.15) is 0 Å². The summed E-state index contributed by atoms with van der Waals surface area (Å²) in [6, 6.07) is 0. The highest BCUT2D eigenvalue weighted by Crippen LogP contribution is 2.10. The standard InChI is InChI=1S/C10H13N3.C7H12O7/c1(9-3-4-11-5-9)2-10-6-12-8-13-7-10;1-2(8)3(9)4(10)5(11)6(12)7(13)14/h1-2,6-9,11H,3-5H2;3-6,9-12H,1H3,(H,13,14)/b2-1+;/t9-;3-,4+,5+,6-/m01/s1. The number of hydrogen-bond acceptors (Lipinski definition) is 9. The highest BCUT2D eigenvalue weighted by Gasteiger charge is 2.35. The molecule has 0 saturated carbocycles. The van der Waals surface area contributed by atoms with Crippen molar-refractivity contribution in [3.05, 3.63) is 30.4 Å². The number of hydrogen-bond donors (Lipinski definition) is 6. The van der Waals surface area contributed by atoms with E-state index in [0.29, 0.717) is 5.92 Å². The molecule has 0 aliphatic carbocycles. The third-order valence-corrected chi connectivity index (χ3v) is 3.91. The number of carbonyl (C=O) groups excluding carboxylic acids is 1. The quantitative estimate of drug-likeness (QED) is 0.315. The molecule has 2 heterocycles. The van der Waals surface area contributed by atoms with Gasteiger partial charge in [0.05, 0.1) is 0 Å². The van der Waals surface area contributed by atoms with Crippen LogP contribution >= 0.6 is 0 Å². The Morgan fingerprint density at radius 2 is 1.74 bits per heavy atom. The van der Waals surface area contributed by atoms with Crippen LogP contribution < -0.4 is 5.32 Å². The van der Waals surface area contributed by atoms with Crippen LogP contribution in [-0.4, -0.2) is 84.8 Å². The van der Waals surface area contributed by atoms with Gasteiger partial charge in [0.25, 0.3) is 0 Å². The predicted octanol–water partition coefficient (Wildman–Crippen LogP) is -1.80. The highest BCUT2D eigenvalue weighted by atomic mass is 16.4. The summed E-state index contributed by atoms with van der Waals surface area (Å²) >= 11 is 0. The lowest BCUT2D eigenvalue weighted by atomic mass is 10.0. The average Bonchev–Trinajstić information content (AvgIpc) is 3.18. The van der Waals surface area contributed by atoms with Crippen molar-refractivity contribution in [1.82, 2.24) is 15.3 Å². The molecule has 0 amide bonds. The number of nitrogens with one attached hydrogen (secondary N) is 1. The average molecular weight is 383 g/mol. The zero-order valence-electron chi connectivity index (χ0n) is 14.8. The molecule has 1 aromatic rings. The minimum Gasteiger partial charge on any atom is -0.479 e. The summed E-state index contributed by atoms with van der Waals surface area (Å²) in [5.41, 5.74) is 1.08. The van der Waals surface area contributed by atoms with Crippen LogP contribution in [0.15, 0.2) is 24.8 Å². The van der Waals surface area contributed by atoms with E-state index < -0.39 is 36.2 Å². The predicted molar refractivity (Wildman–Crippen MR) is 94.4 cm³/mol. The van der Waals surface area contributed by atoms with Crippen molar-refractivity contribution in [2.24, 2.45) is 5.92 Å². The minimum atomic E-state index is -2.25. The molecule has 27 heavy (non-hydrogen) atoms. The Morgan fingerprint density at radius 1 is 1.15 bits per heavy atom. The number of aliphatic carboxylic acids is 1. The lowest BCUT2D eigenvalue weighted by molar-refractivity contribution is -0.165. The maximum Gasteiger partial charge on any atom is 0.335 e. The van der Waals surface area contributed by atoms with E-state index in [1.54, 1.807) is 6.33 Å². The Labute approximate surface area is 156 Å². The molecule has 1 saturated heterocycles. The second-order valence-electron chi connectivity index (χ2n) is 6.10. The van der Waals surface area contributed by atoms with Crippen molar-refractivity contribution in [1.29, 1.82) is 0 Å². The molecule has 1 fully saturated rings. The van der Waals surface area contributed by atoms with Gasteiger partial charge in [-0.25, -0.2) is 14.8 Å². The number of carboxylic acid groups (broad SMARTS) is 1. The van der Waals surface area contributed by atoms with E-state index in [0.717, 1.165) is 25.6 Å². The molecule has 2 rings (SSSR count). The number of nitrogens with zero attached hydrogens (tertiary/aromatic N) is 2. The summed E-state index contributed by atoms with van der Waals surface area (Å²) in [6.45, 7) is 3.19. The van der Waals surface area contributed by atoms with Gasteiger partial charge >= 0.3 is 5.97 Å². The Kier molecular flexibility index (Phi) is 9.68. The van der Waals surface area contributed by atoms with Gasteiger partial charge in [-0.05, 0) is 25.8 Å². The molecular formula is C17H25N3O7. The van der Waals surface area contributed by atoms with E-state index >= 15 is 0 Å². The minimum absolute atomic E-state index is 0.681. The first-order valence-corrected chi connectivity index (χ1v) is 8.33. The number of aliphatic hydroxyl groups is 4. The summed E-state index contributed by atoms with van der Waals surface area (Å²) in [5, 5.41) is 47.3. The first-order valence-electron chi connectivity index (χ1n) is 8.33. The third-order valence-electron chi connectivity index (χ3n) is 3.91. The van der Waals surface area contributed by atoms with Gasteiger partial charge in [0.2, 0.25) is 0 Å². The number of Topliss-reactive ketones (excluding diaryl/α,β-unsaturated/α-hetero) is 1. The van der Waals surface area contributed by atoms with Gasteiger partial charge in [-0.3, -0.25) is 4.79 Å². The molecule has 0 aromatic carbocycles. The van der Waals surface area contributed by atoms with Crippen LogP contribution in [0.5, 0.6) is 0 Å². The van der Waals surface area contributed by atoms with E-state index in [-0.39, 0.29) is 0 Å². The van der Waals surface area contributed by atoms with Crippen molar-refractivity contribution in [3.63, 3.8) is 0 Å². The van der Waals surface area contributed by atoms with E-state index in [1.807, 2.05) is 12.4 Å². The zero-order valence-corrected chi connectivity index (χ0v) is 14.8. The van der Waals surface area contributed by atoms with Gasteiger partial charge in [0, 0.05) is 24.5 Å². The van der Waals surface area contributed by atoms with Gasteiger partial charge in [0.1, 0.15) is 24.6 Å². The first-order chi connectivity index (χ1) is 12.7. The Hall–Kier alpha value is -2.24. The maximum absolute atomic E-state index is 10.5. The molecule has 0 spiro atoms.